The van der Waals surface area contributed by atoms with Gasteiger partial charge in [-0.3, -0.25) is 9.48 Å². The van der Waals surface area contributed by atoms with Gasteiger partial charge in [0.1, 0.15) is 11.6 Å². The Labute approximate surface area is 147 Å². The number of carbonyl (C=O) groups is 1. The fraction of sp³-hybridized carbons (Fsp3) is 0.111. The van der Waals surface area contributed by atoms with Crippen molar-refractivity contribution in [1.29, 1.82) is 0 Å². The van der Waals surface area contributed by atoms with Crippen LogP contribution in [0.5, 0.6) is 5.75 Å². The Balaban J connectivity index is 1.71. The van der Waals surface area contributed by atoms with Crippen molar-refractivity contribution >= 4 is 11.7 Å². The van der Waals surface area contributed by atoms with Crippen molar-refractivity contribution in [3.8, 4) is 5.75 Å². The van der Waals surface area contributed by atoms with Crippen LogP contribution in [0.1, 0.15) is 15.9 Å². The molecular weight excluding hydrogens is 347 g/mol. The summed E-state index contributed by atoms with van der Waals surface area (Å²) in [6.45, 7) is -2.85. The molecule has 8 heteroatoms. The Morgan fingerprint density at radius 3 is 2.62 bits per heavy atom. The second-order valence-corrected chi connectivity index (χ2v) is 5.32. The topological polar surface area (TPSA) is 56.2 Å². The first-order valence-electron chi connectivity index (χ1n) is 7.65. The van der Waals surface area contributed by atoms with E-state index >= 15 is 0 Å². The highest BCUT2D eigenvalue weighted by Crippen LogP contribution is 2.21. The smallest absolute Gasteiger partial charge is 0.387 e. The predicted molar refractivity (Wildman–Crippen MR) is 88.8 cm³/mol. The minimum Gasteiger partial charge on any atom is -0.434 e. The molecule has 2 aromatic carbocycles. The molecule has 0 spiro atoms. The molecular formula is C18H14F3N3O2. The molecule has 3 aromatic rings. The van der Waals surface area contributed by atoms with Crippen molar-refractivity contribution in [3.63, 3.8) is 0 Å². The normalized spacial score (nSPS) is 10.8. The molecule has 0 unspecified atom stereocenters. The summed E-state index contributed by atoms with van der Waals surface area (Å²) < 4.78 is 44.3. The highest BCUT2D eigenvalue weighted by molar-refractivity contribution is 6.05. The van der Waals surface area contributed by atoms with Crippen LogP contribution in [0.25, 0.3) is 0 Å². The minimum atomic E-state index is -3.04. The quantitative estimate of drug-likeness (QED) is 0.724. The molecule has 0 aliphatic carbocycles. The maximum absolute atomic E-state index is 13.7. The number of halogens is 3. The van der Waals surface area contributed by atoms with Gasteiger partial charge in [0.2, 0.25) is 0 Å². The molecule has 0 aliphatic rings. The van der Waals surface area contributed by atoms with Crippen LogP contribution in [0.15, 0.2) is 60.8 Å². The van der Waals surface area contributed by atoms with Crippen molar-refractivity contribution in [3.05, 3.63) is 77.7 Å². The van der Waals surface area contributed by atoms with Gasteiger partial charge in [0, 0.05) is 17.8 Å². The second-order valence-electron chi connectivity index (χ2n) is 5.32. The van der Waals surface area contributed by atoms with Crippen LogP contribution in [-0.4, -0.2) is 22.3 Å². The molecule has 134 valence electrons. The van der Waals surface area contributed by atoms with Gasteiger partial charge in [-0.15, -0.1) is 0 Å². The zero-order valence-electron chi connectivity index (χ0n) is 13.4. The summed E-state index contributed by atoms with van der Waals surface area (Å²) in [6.07, 6.45) is 1.57. The summed E-state index contributed by atoms with van der Waals surface area (Å²) in [7, 11) is 0. The van der Waals surface area contributed by atoms with Gasteiger partial charge in [-0.25, -0.2) is 4.39 Å². The maximum atomic E-state index is 13.7. The molecule has 0 aliphatic heterocycles. The van der Waals surface area contributed by atoms with Crippen LogP contribution in [0.2, 0.25) is 0 Å². The van der Waals surface area contributed by atoms with Gasteiger partial charge >= 0.3 is 6.61 Å². The number of para-hydroxylation sites is 1. The molecule has 1 N–H and O–H groups in total. The Morgan fingerprint density at radius 2 is 1.85 bits per heavy atom. The third-order valence-corrected chi connectivity index (χ3v) is 3.52. The lowest BCUT2D eigenvalue weighted by Gasteiger charge is -2.09. The number of hydrogen-bond acceptors (Lipinski definition) is 3. The molecule has 0 radical (unpaired) electrons. The fourth-order valence-corrected chi connectivity index (χ4v) is 2.35. The van der Waals surface area contributed by atoms with E-state index in [-0.39, 0.29) is 29.5 Å². The number of aromatic nitrogens is 2. The van der Waals surface area contributed by atoms with E-state index in [0.29, 0.717) is 5.56 Å². The van der Waals surface area contributed by atoms with E-state index in [1.165, 1.54) is 41.1 Å². The number of anilines is 1. The molecule has 3 rings (SSSR count). The van der Waals surface area contributed by atoms with Crippen molar-refractivity contribution in [2.45, 2.75) is 13.2 Å². The number of rotatable bonds is 6. The first kappa shape index (κ1) is 17.5. The Morgan fingerprint density at radius 1 is 1.12 bits per heavy atom. The first-order valence-corrected chi connectivity index (χ1v) is 7.65. The third kappa shape index (κ3) is 4.21. The minimum absolute atomic E-state index is 0.0450. The summed E-state index contributed by atoms with van der Waals surface area (Å²) in [5.74, 6) is -1.02. The lowest BCUT2D eigenvalue weighted by atomic mass is 10.2. The molecule has 0 saturated heterocycles. The highest BCUT2D eigenvalue weighted by atomic mass is 19.3. The van der Waals surface area contributed by atoms with Gasteiger partial charge in [-0.1, -0.05) is 30.3 Å². The van der Waals surface area contributed by atoms with Crippen LogP contribution < -0.4 is 10.1 Å². The van der Waals surface area contributed by atoms with Crippen molar-refractivity contribution in [1.82, 2.24) is 9.78 Å². The van der Waals surface area contributed by atoms with E-state index < -0.39 is 12.5 Å². The average molecular weight is 361 g/mol. The molecule has 1 amide bonds. The fourth-order valence-electron chi connectivity index (χ4n) is 2.35. The molecule has 0 atom stereocenters. The molecule has 26 heavy (non-hydrogen) atoms. The first-order chi connectivity index (χ1) is 12.5. The summed E-state index contributed by atoms with van der Waals surface area (Å²) in [5, 5.41) is 6.63. The number of alkyl halides is 2. The van der Waals surface area contributed by atoms with E-state index in [2.05, 4.69) is 15.2 Å². The van der Waals surface area contributed by atoms with Gasteiger partial charge < -0.3 is 10.1 Å². The number of hydrogen-bond donors (Lipinski definition) is 1. The summed E-state index contributed by atoms with van der Waals surface area (Å²) in [5.41, 5.74) is 0.403. The Hall–Kier alpha value is -3.29. The molecule has 1 heterocycles. The van der Waals surface area contributed by atoms with Gasteiger partial charge in [0.25, 0.3) is 5.91 Å². The molecule has 0 fully saturated rings. The average Bonchev–Trinajstić information content (AvgIpc) is 3.04. The van der Waals surface area contributed by atoms with E-state index in [0.717, 1.165) is 0 Å². The SMILES string of the molecule is O=C(Nc1ccn(Cc2ccccc2F)n1)c1ccccc1OC(F)F. The predicted octanol–water partition coefficient (Wildman–Crippen LogP) is 3.92. The van der Waals surface area contributed by atoms with E-state index in [1.807, 2.05) is 0 Å². The van der Waals surface area contributed by atoms with Gasteiger partial charge in [0.15, 0.2) is 5.82 Å². The zero-order chi connectivity index (χ0) is 18.5. The van der Waals surface area contributed by atoms with E-state index in [9.17, 15) is 18.0 Å². The number of ether oxygens (including phenoxy) is 1. The lowest BCUT2D eigenvalue weighted by molar-refractivity contribution is -0.0501. The van der Waals surface area contributed by atoms with Gasteiger partial charge in [-0.2, -0.15) is 13.9 Å². The van der Waals surface area contributed by atoms with Crippen LogP contribution in [0, 0.1) is 5.82 Å². The Kier molecular flexibility index (Phi) is 5.21. The van der Waals surface area contributed by atoms with Gasteiger partial charge in [0.05, 0.1) is 12.1 Å². The molecule has 5 nitrogen and oxygen atoms in total. The van der Waals surface area contributed by atoms with E-state index in [1.54, 1.807) is 24.4 Å². The van der Waals surface area contributed by atoms with Gasteiger partial charge in [-0.05, 0) is 18.2 Å². The lowest BCUT2D eigenvalue weighted by Crippen LogP contribution is -2.15. The molecule has 0 bridgehead atoms. The zero-order valence-corrected chi connectivity index (χ0v) is 13.4. The molecule has 1 aromatic heterocycles. The standard InChI is InChI=1S/C18H14F3N3O2/c19-14-7-3-1-5-12(14)11-24-10-9-16(23-24)22-17(25)13-6-2-4-8-15(13)26-18(20)21/h1-10,18H,11H2,(H,22,23,25). The van der Waals surface area contributed by atoms with Crippen LogP contribution in [-0.2, 0) is 6.54 Å². The van der Waals surface area contributed by atoms with Crippen LogP contribution in [0.4, 0.5) is 19.0 Å². The number of carbonyl (C=O) groups excluding carboxylic acids is 1. The second kappa shape index (κ2) is 7.73. The maximum Gasteiger partial charge on any atom is 0.387 e. The summed E-state index contributed by atoms with van der Waals surface area (Å²) in [6, 6.07) is 13.5. The number of nitrogens with zero attached hydrogens (tertiary/aromatic N) is 2. The van der Waals surface area contributed by atoms with E-state index in [4.69, 9.17) is 0 Å². The number of nitrogens with one attached hydrogen (secondary N) is 1. The van der Waals surface area contributed by atoms with Crippen LogP contribution >= 0.6 is 0 Å². The van der Waals surface area contributed by atoms with Crippen LogP contribution in [0.3, 0.4) is 0 Å². The monoisotopic (exact) mass is 361 g/mol. The van der Waals surface area contributed by atoms with Crippen molar-refractivity contribution in [2.24, 2.45) is 0 Å². The Bertz CT molecular complexity index is 912. The van der Waals surface area contributed by atoms with Crippen molar-refractivity contribution in [2.75, 3.05) is 5.32 Å². The largest absolute Gasteiger partial charge is 0.434 e. The molecule has 0 saturated carbocycles. The summed E-state index contributed by atoms with van der Waals surface area (Å²) >= 11 is 0. The highest BCUT2D eigenvalue weighted by Gasteiger charge is 2.16. The number of benzene rings is 2. The van der Waals surface area contributed by atoms with Crippen molar-refractivity contribution < 1.29 is 22.7 Å². The number of amides is 1. The summed E-state index contributed by atoms with van der Waals surface area (Å²) in [4.78, 5) is 12.3. The third-order valence-electron chi connectivity index (χ3n) is 3.52.